The zero-order valence-corrected chi connectivity index (χ0v) is 10.6. The van der Waals surface area contributed by atoms with E-state index >= 15 is 0 Å². The molecule has 1 aliphatic rings. The van der Waals surface area contributed by atoms with Crippen molar-refractivity contribution in [1.82, 2.24) is 5.32 Å². The molecule has 1 nitrogen and oxygen atoms in total. The molecule has 0 radical (unpaired) electrons. The van der Waals surface area contributed by atoms with Gasteiger partial charge in [-0.1, -0.05) is 29.3 Å². The summed E-state index contributed by atoms with van der Waals surface area (Å²) in [6, 6.07) is 6.51. The molecule has 16 heavy (non-hydrogen) atoms. The average molecular weight is 236 g/mol. The summed E-state index contributed by atoms with van der Waals surface area (Å²) in [5.74, 6) is 0. The molecule has 0 saturated heterocycles. The summed E-state index contributed by atoms with van der Waals surface area (Å²) in [6.07, 6.45) is 6.10. The third-order valence-electron chi connectivity index (χ3n) is 3.28. The predicted octanol–water partition coefficient (Wildman–Crippen LogP) is 4.02. The third-order valence-corrected chi connectivity index (χ3v) is 3.51. The van der Waals surface area contributed by atoms with Gasteiger partial charge in [-0.15, -0.1) is 0 Å². The zero-order valence-electron chi connectivity index (χ0n) is 9.89. The zero-order chi connectivity index (χ0) is 11.5. The maximum absolute atomic E-state index is 5.99. The van der Waals surface area contributed by atoms with Crippen molar-refractivity contribution in [1.29, 1.82) is 0 Å². The van der Waals surface area contributed by atoms with E-state index in [4.69, 9.17) is 11.6 Å². The van der Waals surface area contributed by atoms with Crippen LogP contribution in [0.15, 0.2) is 29.8 Å². The van der Waals surface area contributed by atoms with Gasteiger partial charge >= 0.3 is 0 Å². The lowest BCUT2D eigenvalue weighted by molar-refractivity contribution is 0.652. The van der Waals surface area contributed by atoms with Crippen molar-refractivity contribution in [2.45, 2.75) is 32.2 Å². The van der Waals surface area contributed by atoms with Crippen molar-refractivity contribution >= 4 is 11.6 Å². The normalized spacial score (nSPS) is 17.3. The van der Waals surface area contributed by atoms with Gasteiger partial charge in [0.15, 0.2) is 0 Å². The summed E-state index contributed by atoms with van der Waals surface area (Å²) in [7, 11) is 2.03. The van der Waals surface area contributed by atoms with E-state index in [1.165, 1.54) is 36.0 Å². The van der Waals surface area contributed by atoms with Gasteiger partial charge in [0.25, 0.3) is 0 Å². The van der Waals surface area contributed by atoms with E-state index in [1.807, 2.05) is 19.2 Å². The maximum atomic E-state index is 5.99. The third kappa shape index (κ3) is 2.31. The second-order valence-corrected chi connectivity index (χ2v) is 4.83. The molecule has 1 aromatic rings. The van der Waals surface area contributed by atoms with Crippen molar-refractivity contribution < 1.29 is 0 Å². The Hall–Kier alpha value is -0.790. The van der Waals surface area contributed by atoms with Gasteiger partial charge in [-0.05, 0) is 56.5 Å². The van der Waals surface area contributed by atoms with E-state index in [1.54, 1.807) is 0 Å². The first-order valence-electron chi connectivity index (χ1n) is 5.84. The predicted molar refractivity (Wildman–Crippen MR) is 69.9 cm³/mol. The van der Waals surface area contributed by atoms with Gasteiger partial charge in [0, 0.05) is 5.02 Å². The van der Waals surface area contributed by atoms with E-state index in [-0.39, 0.29) is 0 Å². The molecule has 0 fully saturated rings. The number of benzene rings is 1. The van der Waals surface area contributed by atoms with Crippen LogP contribution in [-0.2, 0) is 0 Å². The van der Waals surface area contributed by atoms with Crippen LogP contribution in [0.1, 0.15) is 36.4 Å². The number of likely N-dealkylation sites (N-methyl/N-ethyl adjacent to an activating group) is 1. The van der Waals surface area contributed by atoms with Crippen molar-refractivity contribution in [3.8, 4) is 0 Å². The minimum absolute atomic E-state index is 0.361. The molecule has 1 atom stereocenters. The molecule has 0 saturated carbocycles. The second kappa shape index (κ2) is 5.03. The van der Waals surface area contributed by atoms with Gasteiger partial charge in [0.05, 0.1) is 6.04 Å². The first-order valence-corrected chi connectivity index (χ1v) is 6.22. The molecule has 0 aromatic heterocycles. The molecule has 0 heterocycles. The number of allylic oxidation sites excluding steroid dienone is 1. The SMILES string of the molecule is CNC(C1=CCCC1)c1ccc(Cl)cc1C. The van der Waals surface area contributed by atoms with E-state index in [9.17, 15) is 0 Å². The quantitative estimate of drug-likeness (QED) is 0.781. The summed E-state index contributed by atoms with van der Waals surface area (Å²) >= 11 is 5.99. The number of hydrogen-bond donors (Lipinski definition) is 1. The van der Waals surface area contributed by atoms with Gasteiger partial charge < -0.3 is 5.32 Å². The fourth-order valence-corrected chi connectivity index (χ4v) is 2.69. The number of halogens is 1. The first-order chi connectivity index (χ1) is 7.72. The number of nitrogens with one attached hydrogen (secondary N) is 1. The number of aryl methyl sites for hydroxylation is 1. The minimum atomic E-state index is 0.361. The molecule has 0 spiro atoms. The van der Waals surface area contributed by atoms with Gasteiger partial charge in [0.2, 0.25) is 0 Å². The van der Waals surface area contributed by atoms with Gasteiger partial charge in [-0.2, -0.15) is 0 Å². The van der Waals surface area contributed by atoms with E-state index < -0.39 is 0 Å². The van der Waals surface area contributed by atoms with Crippen LogP contribution in [0.5, 0.6) is 0 Å². The Morgan fingerprint density at radius 2 is 2.19 bits per heavy atom. The molecule has 1 unspecified atom stereocenters. The second-order valence-electron chi connectivity index (χ2n) is 4.39. The largest absolute Gasteiger partial charge is 0.310 e. The van der Waals surface area contributed by atoms with E-state index in [0.29, 0.717) is 6.04 Å². The van der Waals surface area contributed by atoms with Crippen molar-refractivity contribution in [2.75, 3.05) is 7.05 Å². The lowest BCUT2D eigenvalue weighted by Crippen LogP contribution is -2.19. The number of rotatable bonds is 3. The Kier molecular flexibility index (Phi) is 3.67. The monoisotopic (exact) mass is 235 g/mol. The summed E-state index contributed by atoms with van der Waals surface area (Å²) in [5.41, 5.74) is 4.13. The fraction of sp³-hybridized carbons (Fsp3) is 0.429. The Labute approximate surface area is 103 Å². The molecule has 0 amide bonds. The average Bonchev–Trinajstić information content (AvgIpc) is 2.75. The maximum Gasteiger partial charge on any atom is 0.0536 e. The van der Waals surface area contributed by atoms with Crippen LogP contribution in [0.3, 0.4) is 0 Å². The van der Waals surface area contributed by atoms with Gasteiger partial charge in [-0.25, -0.2) is 0 Å². The van der Waals surface area contributed by atoms with Crippen molar-refractivity contribution in [3.05, 3.63) is 46.0 Å². The van der Waals surface area contributed by atoms with Gasteiger partial charge in [0.1, 0.15) is 0 Å². The van der Waals surface area contributed by atoms with Crippen LogP contribution in [-0.4, -0.2) is 7.05 Å². The highest BCUT2D eigenvalue weighted by molar-refractivity contribution is 6.30. The summed E-state index contributed by atoms with van der Waals surface area (Å²) in [5, 5.41) is 4.23. The van der Waals surface area contributed by atoms with Gasteiger partial charge in [-0.3, -0.25) is 0 Å². The minimum Gasteiger partial charge on any atom is -0.310 e. The molecular formula is C14H18ClN. The Bertz CT molecular complexity index is 409. The van der Waals surface area contributed by atoms with Crippen molar-refractivity contribution in [3.63, 3.8) is 0 Å². The van der Waals surface area contributed by atoms with Crippen LogP contribution in [0, 0.1) is 6.92 Å². The highest BCUT2D eigenvalue weighted by Crippen LogP contribution is 2.32. The topological polar surface area (TPSA) is 12.0 Å². The molecular weight excluding hydrogens is 218 g/mol. The Morgan fingerprint density at radius 3 is 2.75 bits per heavy atom. The lowest BCUT2D eigenvalue weighted by Gasteiger charge is -2.20. The summed E-state index contributed by atoms with van der Waals surface area (Å²) in [6.45, 7) is 2.13. The molecule has 0 bridgehead atoms. The highest BCUT2D eigenvalue weighted by atomic mass is 35.5. The number of hydrogen-bond acceptors (Lipinski definition) is 1. The standard InChI is InChI=1S/C14H18ClN/c1-10-9-12(15)7-8-13(10)14(16-2)11-5-3-4-6-11/h5,7-9,14,16H,3-4,6H2,1-2H3. The molecule has 1 N–H and O–H groups in total. The Balaban J connectivity index is 2.32. The van der Waals surface area contributed by atoms with Crippen LogP contribution in [0.4, 0.5) is 0 Å². The summed E-state index contributed by atoms with van der Waals surface area (Å²) < 4.78 is 0. The van der Waals surface area contributed by atoms with Crippen LogP contribution >= 0.6 is 11.6 Å². The highest BCUT2D eigenvalue weighted by Gasteiger charge is 2.18. The van der Waals surface area contributed by atoms with Crippen LogP contribution < -0.4 is 5.32 Å². The van der Waals surface area contributed by atoms with Crippen molar-refractivity contribution in [2.24, 2.45) is 0 Å². The molecule has 2 heteroatoms. The molecule has 1 aliphatic carbocycles. The Morgan fingerprint density at radius 1 is 1.38 bits per heavy atom. The fourth-order valence-electron chi connectivity index (χ4n) is 2.46. The van der Waals surface area contributed by atoms with E-state index in [2.05, 4.69) is 24.4 Å². The molecule has 86 valence electrons. The van der Waals surface area contributed by atoms with E-state index in [0.717, 1.165) is 5.02 Å². The molecule has 0 aliphatic heterocycles. The molecule has 2 rings (SSSR count). The molecule has 1 aromatic carbocycles. The smallest absolute Gasteiger partial charge is 0.0536 e. The summed E-state index contributed by atoms with van der Waals surface area (Å²) in [4.78, 5) is 0. The van der Waals surface area contributed by atoms with Crippen LogP contribution in [0.25, 0.3) is 0 Å². The first kappa shape index (κ1) is 11.7. The lowest BCUT2D eigenvalue weighted by atomic mass is 9.94. The van der Waals surface area contributed by atoms with Crippen LogP contribution in [0.2, 0.25) is 5.02 Å².